The Balaban J connectivity index is 1.83. The molecule has 7 heteroatoms. The van der Waals surface area contributed by atoms with Crippen LogP contribution in [0.4, 0.5) is 0 Å². The molecule has 5 aromatic rings. The standard InChI is InChI=1S/C21H12N6O/c22-11-12-2-1-3-14(8-12)20-16(9-15-5-7-19(28)23-21(15)24-20)13-4-6-17-18(10-13)26-27-25-17/h1-10H,(H,23,24,28)(H,25,26,27). The SMILES string of the molecule is N#Cc1cccc(-c2nc3[nH]c(=O)ccc3cc2-c2ccc3nn[nH]c3c2)c1. The summed E-state index contributed by atoms with van der Waals surface area (Å²) in [4.78, 5) is 19.2. The fourth-order valence-electron chi connectivity index (χ4n) is 3.27. The summed E-state index contributed by atoms with van der Waals surface area (Å²) < 4.78 is 0. The van der Waals surface area contributed by atoms with Gasteiger partial charge in [0.2, 0.25) is 5.56 Å². The summed E-state index contributed by atoms with van der Waals surface area (Å²) in [7, 11) is 0. The van der Waals surface area contributed by atoms with E-state index in [0.717, 1.165) is 33.1 Å². The van der Waals surface area contributed by atoms with E-state index in [1.54, 1.807) is 18.2 Å². The number of nitrogens with zero attached hydrogens (tertiary/aromatic N) is 4. The first-order valence-electron chi connectivity index (χ1n) is 8.57. The molecule has 0 saturated carbocycles. The Labute approximate surface area is 158 Å². The molecule has 3 heterocycles. The van der Waals surface area contributed by atoms with Crippen molar-refractivity contribution >= 4 is 22.1 Å². The van der Waals surface area contributed by atoms with E-state index in [1.807, 2.05) is 36.4 Å². The molecule has 0 spiro atoms. The molecule has 28 heavy (non-hydrogen) atoms. The van der Waals surface area contributed by atoms with Crippen LogP contribution in [0.25, 0.3) is 44.5 Å². The number of aromatic nitrogens is 5. The number of rotatable bonds is 2. The predicted octanol–water partition coefficient (Wildman–Crippen LogP) is 3.40. The molecule has 0 amide bonds. The lowest BCUT2D eigenvalue weighted by atomic mass is 9.97. The van der Waals surface area contributed by atoms with Crippen LogP contribution in [0.1, 0.15) is 5.56 Å². The summed E-state index contributed by atoms with van der Waals surface area (Å²) in [5.41, 5.74) is 5.70. The molecule has 0 saturated heterocycles. The highest BCUT2D eigenvalue weighted by Gasteiger charge is 2.13. The van der Waals surface area contributed by atoms with Crippen molar-refractivity contribution in [1.29, 1.82) is 5.26 Å². The Bertz CT molecular complexity index is 1460. The van der Waals surface area contributed by atoms with Crippen LogP contribution < -0.4 is 5.56 Å². The number of aromatic amines is 2. The van der Waals surface area contributed by atoms with Gasteiger partial charge in [-0.1, -0.05) is 23.4 Å². The third kappa shape index (κ3) is 2.61. The van der Waals surface area contributed by atoms with Gasteiger partial charge in [-0.3, -0.25) is 9.89 Å². The van der Waals surface area contributed by atoms with Gasteiger partial charge in [0.15, 0.2) is 0 Å². The lowest BCUT2D eigenvalue weighted by Crippen LogP contribution is -2.04. The van der Waals surface area contributed by atoms with Gasteiger partial charge < -0.3 is 4.98 Å². The minimum Gasteiger partial charge on any atom is -0.307 e. The van der Waals surface area contributed by atoms with E-state index < -0.39 is 0 Å². The zero-order valence-corrected chi connectivity index (χ0v) is 14.5. The summed E-state index contributed by atoms with van der Waals surface area (Å²) >= 11 is 0. The van der Waals surface area contributed by atoms with Crippen molar-refractivity contribution in [3.05, 3.63) is 76.6 Å². The van der Waals surface area contributed by atoms with E-state index in [0.29, 0.717) is 16.9 Å². The highest BCUT2D eigenvalue weighted by molar-refractivity contribution is 5.92. The number of pyridine rings is 2. The molecule has 132 valence electrons. The smallest absolute Gasteiger partial charge is 0.249 e. The van der Waals surface area contributed by atoms with Gasteiger partial charge in [-0.15, -0.1) is 5.10 Å². The highest BCUT2D eigenvalue weighted by Crippen LogP contribution is 2.34. The molecular weight excluding hydrogens is 352 g/mol. The normalized spacial score (nSPS) is 11.0. The highest BCUT2D eigenvalue weighted by atomic mass is 16.1. The summed E-state index contributed by atoms with van der Waals surface area (Å²) in [6, 6.07) is 20.4. The first-order chi connectivity index (χ1) is 13.7. The van der Waals surface area contributed by atoms with Crippen LogP contribution in [0, 0.1) is 11.3 Å². The average molecular weight is 364 g/mol. The van der Waals surface area contributed by atoms with Crippen LogP contribution in [0.3, 0.4) is 0 Å². The van der Waals surface area contributed by atoms with Crippen molar-refractivity contribution in [3.8, 4) is 28.5 Å². The average Bonchev–Trinajstić information content (AvgIpc) is 3.20. The van der Waals surface area contributed by atoms with E-state index in [9.17, 15) is 10.1 Å². The molecule has 5 rings (SSSR count). The minimum absolute atomic E-state index is 0.213. The lowest BCUT2D eigenvalue weighted by molar-refractivity contribution is 0.959. The topological polar surface area (TPSA) is 111 Å². The number of nitriles is 1. The molecule has 0 aliphatic heterocycles. The van der Waals surface area contributed by atoms with Gasteiger partial charge in [0.05, 0.1) is 22.8 Å². The van der Waals surface area contributed by atoms with Crippen LogP contribution >= 0.6 is 0 Å². The van der Waals surface area contributed by atoms with E-state index in [-0.39, 0.29) is 5.56 Å². The summed E-state index contributed by atoms with van der Waals surface area (Å²) in [6.45, 7) is 0. The van der Waals surface area contributed by atoms with E-state index in [2.05, 4.69) is 26.5 Å². The lowest BCUT2D eigenvalue weighted by Gasteiger charge is -2.11. The molecule has 0 aliphatic rings. The second-order valence-electron chi connectivity index (χ2n) is 6.38. The zero-order valence-electron chi connectivity index (χ0n) is 14.5. The Kier molecular flexibility index (Phi) is 3.49. The second kappa shape index (κ2) is 6.14. The van der Waals surface area contributed by atoms with Crippen molar-refractivity contribution in [2.75, 3.05) is 0 Å². The molecule has 0 fully saturated rings. The van der Waals surface area contributed by atoms with Crippen LogP contribution in [-0.4, -0.2) is 25.4 Å². The van der Waals surface area contributed by atoms with Crippen molar-refractivity contribution in [1.82, 2.24) is 25.4 Å². The Morgan fingerprint density at radius 1 is 0.964 bits per heavy atom. The molecule has 2 aromatic carbocycles. The number of nitrogens with one attached hydrogen (secondary N) is 2. The van der Waals surface area contributed by atoms with Gasteiger partial charge in [0, 0.05) is 22.6 Å². The van der Waals surface area contributed by atoms with Crippen LogP contribution in [-0.2, 0) is 0 Å². The Hall–Kier alpha value is -4.31. The number of hydrogen-bond donors (Lipinski definition) is 2. The van der Waals surface area contributed by atoms with Crippen LogP contribution in [0.15, 0.2) is 65.5 Å². The van der Waals surface area contributed by atoms with Gasteiger partial charge in [0.25, 0.3) is 0 Å². The third-order valence-corrected chi connectivity index (χ3v) is 4.61. The molecule has 0 unspecified atom stereocenters. The fourth-order valence-corrected chi connectivity index (χ4v) is 3.27. The van der Waals surface area contributed by atoms with Crippen LogP contribution in [0.2, 0.25) is 0 Å². The van der Waals surface area contributed by atoms with E-state index in [1.165, 1.54) is 6.07 Å². The monoisotopic (exact) mass is 364 g/mol. The quantitative estimate of drug-likeness (QED) is 0.499. The van der Waals surface area contributed by atoms with Crippen molar-refractivity contribution in [2.45, 2.75) is 0 Å². The van der Waals surface area contributed by atoms with Gasteiger partial charge in [-0.2, -0.15) is 5.26 Å². The molecule has 0 radical (unpaired) electrons. The maximum atomic E-state index is 11.7. The molecule has 0 aliphatic carbocycles. The number of benzene rings is 2. The zero-order chi connectivity index (χ0) is 19.1. The van der Waals surface area contributed by atoms with E-state index >= 15 is 0 Å². The number of fused-ring (bicyclic) bond motifs is 2. The summed E-state index contributed by atoms with van der Waals surface area (Å²) in [5, 5.41) is 20.8. The first-order valence-corrected chi connectivity index (χ1v) is 8.57. The predicted molar refractivity (Wildman–Crippen MR) is 105 cm³/mol. The third-order valence-electron chi connectivity index (χ3n) is 4.61. The minimum atomic E-state index is -0.213. The molecule has 2 N–H and O–H groups in total. The Morgan fingerprint density at radius 3 is 2.79 bits per heavy atom. The van der Waals surface area contributed by atoms with Crippen molar-refractivity contribution in [3.63, 3.8) is 0 Å². The maximum Gasteiger partial charge on any atom is 0.249 e. The summed E-state index contributed by atoms with van der Waals surface area (Å²) in [6.07, 6.45) is 0. The van der Waals surface area contributed by atoms with Gasteiger partial charge >= 0.3 is 0 Å². The largest absolute Gasteiger partial charge is 0.307 e. The summed E-state index contributed by atoms with van der Waals surface area (Å²) in [5.74, 6) is 0. The molecule has 7 nitrogen and oxygen atoms in total. The first kappa shape index (κ1) is 15.9. The molecule has 3 aromatic heterocycles. The fraction of sp³-hybridized carbons (Fsp3) is 0. The maximum absolute atomic E-state index is 11.7. The van der Waals surface area contributed by atoms with E-state index in [4.69, 9.17) is 4.98 Å². The molecular formula is C21H12N6O. The molecule has 0 atom stereocenters. The van der Waals surface area contributed by atoms with Gasteiger partial charge in [-0.25, -0.2) is 4.98 Å². The Morgan fingerprint density at radius 2 is 1.89 bits per heavy atom. The molecule has 0 bridgehead atoms. The number of hydrogen-bond acceptors (Lipinski definition) is 5. The second-order valence-corrected chi connectivity index (χ2v) is 6.38. The van der Waals surface area contributed by atoms with Crippen molar-refractivity contribution < 1.29 is 0 Å². The van der Waals surface area contributed by atoms with Gasteiger partial charge in [0.1, 0.15) is 11.2 Å². The van der Waals surface area contributed by atoms with Gasteiger partial charge in [-0.05, 0) is 42.0 Å². The van der Waals surface area contributed by atoms with Crippen LogP contribution in [0.5, 0.6) is 0 Å². The van der Waals surface area contributed by atoms with Crippen molar-refractivity contribution in [2.24, 2.45) is 0 Å². The number of H-pyrrole nitrogens is 2.